The molecule has 0 saturated carbocycles. The van der Waals surface area contributed by atoms with Gasteiger partial charge in [0.2, 0.25) is 5.91 Å². The third-order valence-electron chi connectivity index (χ3n) is 3.17. The Hall–Kier alpha value is -2.04. The highest BCUT2D eigenvalue weighted by Crippen LogP contribution is 2.33. The Kier molecular flexibility index (Phi) is 3.23. The van der Waals surface area contributed by atoms with Crippen molar-refractivity contribution in [1.82, 2.24) is 0 Å². The third kappa shape index (κ3) is 2.03. The maximum Gasteiger partial charge on any atom is 0.326 e. The first-order valence-electron chi connectivity index (χ1n) is 5.74. The molecule has 1 amide bonds. The summed E-state index contributed by atoms with van der Waals surface area (Å²) >= 11 is 0. The summed E-state index contributed by atoms with van der Waals surface area (Å²) in [5.74, 6) is -0.508. The number of carboxylic acid groups (broad SMARTS) is 1. The molecule has 5 heteroatoms. The van der Waals surface area contributed by atoms with Gasteiger partial charge in [0.15, 0.2) is 0 Å². The van der Waals surface area contributed by atoms with Gasteiger partial charge in [-0.05, 0) is 36.6 Å². The minimum Gasteiger partial charge on any atom is -0.497 e. The molecule has 0 bridgehead atoms. The fraction of sp³-hybridized carbons (Fsp3) is 0.385. The maximum atomic E-state index is 11.7. The number of nitrogens with zero attached hydrogens (tertiary/aromatic N) is 1. The third-order valence-corrected chi connectivity index (χ3v) is 3.17. The lowest BCUT2D eigenvalue weighted by atomic mass is 9.95. The Morgan fingerprint density at radius 2 is 2.17 bits per heavy atom. The second-order valence-corrected chi connectivity index (χ2v) is 4.28. The van der Waals surface area contributed by atoms with E-state index in [1.54, 1.807) is 19.2 Å². The quantitative estimate of drug-likeness (QED) is 0.861. The number of aliphatic carboxylic acids is 1. The van der Waals surface area contributed by atoms with Gasteiger partial charge in [-0.1, -0.05) is 0 Å². The van der Waals surface area contributed by atoms with Gasteiger partial charge in [-0.2, -0.15) is 0 Å². The molecule has 18 heavy (non-hydrogen) atoms. The molecule has 0 saturated heterocycles. The van der Waals surface area contributed by atoms with E-state index in [-0.39, 0.29) is 5.91 Å². The van der Waals surface area contributed by atoms with E-state index in [2.05, 4.69) is 0 Å². The zero-order valence-corrected chi connectivity index (χ0v) is 10.3. The van der Waals surface area contributed by atoms with E-state index < -0.39 is 12.0 Å². The van der Waals surface area contributed by atoms with Crippen molar-refractivity contribution >= 4 is 17.6 Å². The van der Waals surface area contributed by atoms with Crippen LogP contribution < -0.4 is 9.64 Å². The van der Waals surface area contributed by atoms with Crippen LogP contribution in [-0.4, -0.2) is 30.1 Å². The second kappa shape index (κ2) is 4.68. The van der Waals surface area contributed by atoms with E-state index in [0.717, 1.165) is 5.56 Å². The number of carbonyl (C=O) groups is 2. The number of amides is 1. The fourth-order valence-corrected chi connectivity index (χ4v) is 2.34. The second-order valence-electron chi connectivity index (χ2n) is 4.28. The van der Waals surface area contributed by atoms with E-state index in [1.807, 2.05) is 6.07 Å². The smallest absolute Gasteiger partial charge is 0.326 e. The number of rotatable bonds is 2. The van der Waals surface area contributed by atoms with Crippen molar-refractivity contribution in [2.45, 2.75) is 25.8 Å². The topological polar surface area (TPSA) is 66.8 Å². The first-order chi connectivity index (χ1) is 8.54. The summed E-state index contributed by atoms with van der Waals surface area (Å²) < 4.78 is 5.13. The Morgan fingerprint density at radius 3 is 2.72 bits per heavy atom. The van der Waals surface area contributed by atoms with Crippen LogP contribution in [-0.2, 0) is 16.0 Å². The van der Waals surface area contributed by atoms with E-state index in [9.17, 15) is 9.59 Å². The summed E-state index contributed by atoms with van der Waals surface area (Å²) in [5.41, 5.74) is 1.61. The Bertz CT molecular complexity index is 498. The molecule has 1 N–H and O–H groups in total. The lowest BCUT2D eigenvalue weighted by Crippen LogP contribution is -2.47. The average Bonchev–Trinajstić information content (AvgIpc) is 2.36. The molecule has 0 spiro atoms. The predicted octanol–water partition coefficient (Wildman–Crippen LogP) is 1.45. The molecule has 0 aliphatic carbocycles. The minimum atomic E-state index is -0.966. The van der Waals surface area contributed by atoms with Crippen LogP contribution >= 0.6 is 0 Å². The average molecular weight is 249 g/mol. The van der Waals surface area contributed by atoms with Gasteiger partial charge in [-0.25, -0.2) is 4.79 Å². The highest BCUT2D eigenvalue weighted by molar-refractivity contribution is 5.99. The van der Waals surface area contributed by atoms with Gasteiger partial charge in [0.25, 0.3) is 0 Å². The number of benzene rings is 1. The zero-order chi connectivity index (χ0) is 13.3. The van der Waals surface area contributed by atoms with Crippen LogP contribution in [0.4, 0.5) is 5.69 Å². The van der Waals surface area contributed by atoms with Crippen LogP contribution in [0.1, 0.15) is 18.9 Å². The number of ether oxygens (including phenoxy) is 1. The molecule has 0 fully saturated rings. The standard InChI is InChI=1S/C13H15NO4/c1-8(15)14-11-6-4-10(18-2)7-9(11)3-5-12(14)13(16)17/h4,6-7,12H,3,5H2,1-2H3,(H,16,17). The molecular formula is C13H15NO4. The van der Waals surface area contributed by atoms with E-state index in [0.29, 0.717) is 24.3 Å². The number of hydrogen-bond donors (Lipinski definition) is 1. The molecule has 96 valence electrons. The van der Waals surface area contributed by atoms with Gasteiger partial charge in [-0.15, -0.1) is 0 Å². The lowest BCUT2D eigenvalue weighted by Gasteiger charge is -2.34. The number of methoxy groups -OCH3 is 1. The molecule has 1 aliphatic rings. The number of anilines is 1. The SMILES string of the molecule is COc1ccc2c(c1)CCC(C(=O)O)N2C(C)=O. The summed E-state index contributed by atoms with van der Waals surface area (Å²) in [5, 5.41) is 9.17. The van der Waals surface area contributed by atoms with Crippen LogP contribution in [0.3, 0.4) is 0 Å². The van der Waals surface area contributed by atoms with E-state index in [4.69, 9.17) is 9.84 Å². The molecule has 1 aromatic rings. The van der Waals surface area contributed by atoms with Gasteiger partial charge in [-0.3, -0.25) is 9.69 Å². The van der Waals surface area contributed by atoms with E-state index in [1.165, 1.54) is 11.8 Å². The summed E-state index contributed by atoms with van der Waals surface area (Å²) in [7, 11) is 1.58. The van der Waals surface area contributed by atoms with E-state index >= 15 is 0 Å². The van der Waals surface area contributed by atoms with Gasteiger partial charge in [0.1, 0.15) is 11.8 Å². The Labute approximate surface area is 105 Å². The number of aryl methyl sites for hydroxylation is 1. The molecule has 0 radical (unpaired) electrons. The number of fused-ring (bicyclic) bond motifs is 1. The van der Waals surface area contributed by atoms with Gasteiger partial charge < -0.3 is 9.84 Å². The first kappa shape index (κ1) is 12.4. The van der Waals surface area contributed by atoms with Crippen molar-refractivity contribution < 1.29 is 19.4 Å². The largest absolute Gasteiger partial charge is 0.497 e. The van der Waals surface area contributed by atoms with Crippen molar-refractivity contribution in [3.8, 4) is 5.75 Å². The molecule has 1 unspecified atom stereocenters. The molecule has 1 aliphatic heterocycles. The minimum absolute atomic E-state index is 0.256. The zero-order valence-electron chi connectivity index (χ0n) is 10.3. The van der Waals surface area contributed by atoms with Crippen LogP contribution in [0, 0.1) is 0 Å². The van der Waals surface area contributed by atoms with Crippen molar-refractivity contribution in [2.75, 3.05) is 12.0 Å². The summed E-state index contributed by atoms with van der Waals surface area (Å²) in [6.45, 7) is 1.38. The van der Waals surface area contributed by atoms with Crippen molar-refractivity contribution in [2.24, 2.45) is 0 Å². The molecule has 1 aromatic carbocycles. The normalized spacial score (nSPS) is 18.1. The van der Waals surface area contributed by atoms with Crippen LogP contribution in [0.25, 0.3) is 0 Å². The van der Waals surface area contributed by atoms with Crippen molar-refractivity contribution in [3.05, 3.63) is 23.8 Å². The fourth-order valence-electron chi connectivity index (χ4n) is 2.34. The summed E-state index contributed by atoms with van der Waals surface area (Å²) in [6.07, 6.45) is 1.06. The highest BCUT2D eigenvalue weighted by atomic mass is 16.5. The van der Waals surface area contributed by atoms with Crippen LogP contribution in [0.2, 0.25) is 0 Å². The first-order valence-corrected chi connectivity index (χ1v) is 5.74. The lowest BCUT2D eigenvalue weighted by molar-refractivity contribution is -0.140. The summed E-state index contributed by atoms with van der Waals surface area (Å²) in [6, 6.07) is 4.55. The van der Waals surface area contributed by atoms with Gasteiger partial charge >= 0.3 is 5.97 Å². The number of carbonyl (C=O) groups excluding carboxylic acids is 1. The predicted molar refractivity (Wildman–Crippen MR) is 65.9 cm³/mol. The molecular weight excluding hydrogens is 234 g/mol. The summed E-state index contributed by atoms with van der Waals surface area (Å²) in [4.78, 5) is 24.2. The van der Waals surface area contributed by atoms with Crippen molar-refractivity contribution in [1.29, 1.82) is 0 Å². The number of carboxylic acids is 1. The van der Waals surface area contributed by atoms with Gasteiger partial charge in [0, 0.05) is 12.6 Å². The number of hydrogen-bond acceptors (Lipinski definition) is 3. The molecule has 1 atom stereocenters. The maximum absolute atomic E-state index is 11.7. The Morgan fingerprint density at radius 1 is 1.44 bits per heavy atom. The molecule has 1 heterocycles. The molecule has 0 aromatic heterocycles. The van der Waals surface area contributed by atoms with Crippen LogP contribution in [0.5, 0.6) is 5.75 Å². The monoisotopic (exact) mass is 249 g/mol. The van der Waals surface area contributed by atoms with Gasteiger partial charge in [0.05, 0.1) is 7.11 Å². The molecule has 2 rings (SSSR count). The Balaban J connectivity index is 2.46. The highest BCUT2D eigenvalue weighted by Gasteiger charge is 2.33. The van der Waals surface area contributed by atoms with Crippen molar-refractivity contribution in [3.63, 3.8) is 0 Å². The van der Waals surface area contributed by atoms with Crippen LogP contribution in [0.15, 0.2) is 18.2 Å². The molecule has 5 nitrogen and oxygen atoms in total.